The molecule has 1 aromatic heterocycles. The standard InChI is InChI=1S/C19H30FN3OSi/c1-14-9-15-11-22-23(13-24-7-8-25(2,3)4)19(15)10-17(14)16-5-6-21-12-18(16)20/h9-11,16,18,21H,5-8,12-13H2,1-4H3/t16-,18-/m1/s1. The molecule has 0 radical (unpaired) electrons. The average molecular weight is 364 g/mol. The van der Waals surface area contributed by atoms with Gasteiger partial charge in [0.2, 0.25) is 0 Å². The maximum atomic E-state index is 14.4. The van der Waals surface area contributed by atoms with Crippen molar-refractivity contribution < 1.29 is 9.13 Å². The summed E-state index contributed by atoms with van der Waals surface area (Å²) in [6.07, 6.45) is 1.90. The van der Waals surface area contributed by atoms with E-state index < -0.39 is 14.2 Å². The van der Waals surface area contributed by atoms with Gasteiger partial charge in [0, 0.05) is 32.5 Å². The van der Waals surface area contributed by atoms with Crippen molar-refractivity contribution in [2.24, 2.45) is 0 Å². The highest BCUT2D eigenvalue weighted by molar-refractivity contribution is 6.76. The molecule has 1 fully saturated rings. The summed E-state index contributed by atoms with van der Waals surface area (Å²) in [6, 6.07) is 5.41. The second-order valence-corrected chi connectivity index (χ2v) is 14.0. The van der Waals surface area contributed by atoms with Gasteiger partial charge in [0.15, 0.2) is 0 Å². The van der Waals surface area contributed by atoms with Gasteiger partial charge in [-0.05, 0) is 49.2 Å². The van der Waals surface area contributed by atoms with Gasteiger partial charge in [0.05, 0.1) is 11.7 Å². The number of aryl methyl sites for hydroxylation is 1. The number of rotatable bonds is 6. The number of nitrogens with zero attached hydrogens (tertiary/aromatic N) is 2. The van der Waals surface area contributed by atoms with E-state index in [1.54, 1.807) is 0 Å². The lowest BCUT2D eigenvalue weighted by Gasteiger charge is -2.28. The van der Waals surface area contributed by atoms with E-state index in [0.717, 1.165) is 47.6 Å². The summed E-state index contributed by atoms with van der Waals surface area (Å²) in [7, 11) is -1.08. The van der Waals surface area contributed by atoms with E-state index in [1.165, 1.54) is 0 Å². The lowest BCUT2D eigenvalue weighted by molar-refractivity contribution is 0.0817. The van der Waals surface area contributed by atoms with Crippen molar-refractivity contribution in [1.29, 1.82) is 0 Å². The molecule has 2 heterocycles. The van der Waals surface area contributed by atoms with Gasteiger partial charge in [-0.3, -0.25) is 0 Å². The minimum atomic E-state index is -1.08. The fraction of sp³-hybridized carbons (Fsp3) is 0.632. The molecule has 6 heteroatoms. The number of ether oxygens (including phenoxy) is 1. The van der Waals surface area contributed by atoms with Crippen LogP contribution >= 0.6 is 0 Å². The molecular formula is C19H30FN3OSi. The van der Waals surface area contributed by atoms with Gasteiger partial charge in [0.1, 0.15) is 12.9 Å². The van der Waals surface area contributed by atoms with E-state index >= 15 is 0 Å². The molecule has 2 aromatic rings. The molecule has 1 saturated heterocycles. The summed E-state index contributed by atoms with van der Waals surface area (Å²) in [5, 5.41) is 8.70. The topological polar surface area (TPSA) is 39.1 Å². The van der Waals surface area contributed by atoms with Crippen molar-refractivity contribution in [2.75, 3.05) is 19.7 Å². The summed E-state index contributed by atoms with van der Waals surface area (Å²) in [4.78, 5) is 0. The number of halogens is 1. The largest absolute Gasteiger partial charge is 0.360 e. The average Bonchev–Trinajstić information content (AvgIpc) is 2.92. The van der Waals surface area contributed by atoms with Crippen molar-refractivity contribution >= 4 is 19.0 Å². The van der Waals surface area contributed by atoms with Gasteiger partial charge in [-0.1, -0.05) is 19.6 Å². The maximum absolute atomic E-state index is 14.4. The van der Waals surface area contributed by atoms with E-state index in [0.29, 0.717) is 13.3 Å². The molecule has 1 aromatic carbocycles. The summed E-state index contributed by atoms with van der Waals surface area (Å²) in [6.45, 7) is 11.7. The molecular weight excluding hydrogens is 333 g/mol. The number of aromatic nitrogens is 2. The highest BCUT2D eigenvalue weighted by Gasteiger charge is 2.27. The van der Waals surface area contributed by atoms with Crippen LogP contribution in [-0.4, -0.2) is 43.7 Å². The molecule has 1 N–H and O–H groups in total. The van der Waals surface area contributed by atoms with Crippen molar-refractivity contribution in [3.8, 4) is 0 Å². The van der Waals surface area contributed by atoms with E-state index in [4.69, 9.17) is 4.74 Å². The van der Waals surface area contributed by atoms with Crippen molar-refractivity contribution in [1.82, 2.24) is 15.1 Å². The van der Waals surface area contributed by atoms with Crippen LogP contribution in [-0.2, 0) is 11.5 Å². The van der Waals surface area contributed by atoms with Crippen LogP contribution in [0.15, 0.2) is 18.3 Å². The Balaban J connectivity index is 1.78. The minimum absolute atomic E-state index is 0.0261. The number of piperidine rings is 1. The Morgan fingerprint density at radius 3 is 2.88 bits per heavy atom. The summed E-state index contributed by atoms with van der Waals surface area (Å²) in [5.41, 5.74) is 3.31. The third-order valence-electron chi connectivity index (χ3n) is 5.05. The lowest BCUT2D eigenvalue weighted by Crippen LogP contribution is -2.36. The number of hydrogen-bond donors (Lipinski definition) is 1. The zero-order chi connectivity index (χ0) is 18.0. The van der Waals surface area contributed by atoms with Crippen LogP contribution in [0.2, 0.25) is 25.7 Å². The molecule has 25 heavy (non-hydrogen) atoms. The fourth-order valence-electron chi connectivity index (χ4n) is 3.46. The molecule has 3 rings (SSSR count). The number of fused-ring (bicyclic) bond motifs is 1. The quantitative estimate of drug-likeness (QED) is 0.621. The van der Waals surface area contributed by atoms with Crippen LogP contribution in [0.1, 0.15) is 23.5 Å². The highest BCUT2D eigenvalue weighted by Crippen LogP contribution is 2.32. The van der Waals surface area contributed by atoms with Crippen molar-refractivity contribution in [2.45, 2.75) is 57.9 Å². The molecule has 138 valence electrons. The van der Waals surface area contributed by atoms with Gasteiger partial charge < -0.3 is 10.1 Å². The first-order valence-electron chi connectivity index (χ1n) is 9.24. The van der Waals surface area contributed by atoms with Crippen LogP contribution in [0.25, 0.3) is 10.9 Å². The summed E-state index contributed by atoms with van der Waals surface area (Å²) >= 11 is 0. The van der Waals surface area contributed by atoms with E-state index in [-0.39, 0.29) is 5.92 Å². The molecule has 2 atom stereocenters. The zero-order valence-corrected chi connectivity index (χ0v) is 16.8. The molecule has 1 aliphatic rings. The molecule has 0 spiro atoms. The van der Waals surface area contributed by atoms with Gasteiger partial charge in [-0.25, -0.2) is 9.07 Å². The first kappa shape index (κ1) is 18.5. The molecule has 1 aliphatic heterocycles. The molecule has 0 saturated carbocycles. The normalized spacial score (nSPS) is 21.8. The summed E-state index contributed by atoms with van der Waals surface area (Å²) < 4.78 is 22.1. The number of hydrogen-bond acceptors (Lipinski definition) is 3. The Morgan fingerprint density at radius 2 is 2.16 bits per heavy atom. The Hall–Kier alpha value is -1.24. The third-order valence-corrected chi connectivity index (χ3v) is 6.75. The predicted octanol–water partition coefficient (Wildman–Crippen LogP) is 4.07. The Bertz CT molecular complexity index is 725. The van der Waals surface area contributed by atoms with Crippen LogP contribution in [0, 0.1) is 6.92 Å². The summed E-state index contributed by atoms with van der Waals surface area (Å²) in [5.74, 6) is -0.0261. The van der Waals surface area contributed by atoms with Gasteiger partial charge >= 0.3 is 0 Å². The molecule has 0 unspecified atom stereocenters. The zero-order valence-electron chi connectivity index (χ0n) is 15.8. The second kappa shape index (κ2) is 7.56. The Labute approximate surface area is 150 Å². The lowest BCUT2D eigenvalue weighted by atomic mass is 9.85. The van der Waals surface area contributed by atoms with Crippen LogP contribution in [0.5, 0.6) is 0 Å². The number of alkyl halides is 1. The van der Waals surface area contributed by atoms with Crippen molar-refractivity contribution in [3.63, 3.8) is 0 Å². The smallest absolute Gasteiger partial charge is 0.139 e. The maximum Gasteiger partial charge on any atom is 0.139 e. The fourth-order valence-corrected chi connectivity index (χ4v) is 4.22. The first-order valence-corrected chi connectivity index (χ1v) is 12.9. The van der Waals surface area contributed by atoms with Crippen LogP contribution in [0.4, 0.5) is 4.39 Å². The second-order valence-electron chi connectivity index (χ2n) is 8.38. The third kappa shape index (κ3) is 4.48. The molecule has 0 bridgehead atoms. The predicted molar refractivity (Wildman–Crippen MR) is 104 cm³/mol. The number of benzene rings is 1. The highest BCUT2D eigenvalue weighted by atomic mass is 28.3. The SMILES string of the molecule is Cc1cc2cnn(COCC[Si](C)(C)C)c2cc1[C@H]1CCNC[C@H]1F. The minimum Gasteiger partial charge on any atom is -0.360 e. The molecule has 0 aliphatic carbocycles. The van der Waals surface area contributed by atoms with Gasteiger partial charge in [-0.2, -0.15) is 5.10 Å². The van der Waals surface area contributed by atoms with Gasteiger partial charge in [0.25, 0.3) is 0 Å². The number of nitrogens with one attached hydrogen (secondary N) is 1. The van der Waals surface area contributed by atoms with Crippen LogP contribution < -0.4 is 5.32 Å². The van der Waals surface area contributed by atoms with Crippen LogP contribution in [0.3, 0.4) is 0 Å². The van der Waals surface area contributed by atoms with E-state index in [9.17, 15) is 4.39 Å². The van der Waals surface area contributed by atoms with Gasteiger partial charge in [-0.15, -0.1) is 0 Å². The Kier molecular flexibility index (Phi) is 5.61. The van der Waals surface area contributed by atoms with Crippen molar-refractivity contribution in [3.05, 3.63) is 29.5 Å². The molecule has 0 amide bonds. The monoisotopic (exact) mass is 363 g/mol. The van der Waals surface area contributed by atoms with E-state index in [1.807, 2.05) is 10.9 Å². The molecule has 4 nitrogen and oxygen atoms in total. The first-order chi connectivity index (χ1) is 11.8. The Morgan fingerprint density at radius 1 is 1.36 bits per heavy atom. The van der Waals surface area contributed by atoms with E-state index in [2.05, 4.69) is 49.1 Å².